The summed E-state index contributed by atoms with van der Waals surface area (Å²) in [5.41, 5.74) is 0.336. The van der Waals surface area contributed by atoms with Gasteiger partial charge in [0.15, 0.2) is 0 Å². The Morgan fingerprint density at radius 1 is 1.33 bits per heavy atom. The van der Waals surface area contributed by atoms with E-state index in [0.717, 1.165) is 12.1 Å². The molecule has 0 saturated carbocycles. The lowest BCUT2D eigenvalue weighted by atomic mass is 10.1. The Kier molecular flexibility index (Phi) is 4.84. The van der Waals surface area contributed by atoms with Gasteiger partial charge in [-0.15, -0.1) is 0 Å². The first-order chi connectivity index (χ1) is 8.27. The molecule has 6 heteroatoms. The summed E-state index contributed by atoms with van der Waals surface area (Å²) in [5, 5.41) is 8.84. The highest BCUT2D eigenvalue weighted by Gasteiger charge is 2.22. The molecular formula is C12H18FNO3S. The second-order valence-corrected chi connectivity index (χ2v) is 6.26. The van der Waals surface area contributed by atoms with Gasteiger partial charge in [-0.2, -0.15) is 0 Å². The fraction of sp³-hybridized carbons (Fsp3) is 0.500. The quantitative estimate of drug-likeness (QED) is 0.858. The van der Waals surface area contributed by atoms with Crippen molar-refractivity contribution in [3.8, 4) is 0 Å². The van der Waals surface area contributed by atoms with E-state index in [0.29, 0.717) is 5.56 Å². The van der Waals surface area contributed by atoms with Crippen molar-refractivity contribution in [2.45, 2.75) is 38.3 Å². The zero-order valence-corrected chi connectivity index (χ0v) is 11.5. The molecule has 0 radical (unpaired) electrons. The van der Waals surface area contributed by atoms with E-state index < -0.39 is 20.7 Å². The van der Waals surface area contributed by atoms with Crippen LogP contribution in [-0.4, -0.2) is 19.6 Å². The summed E-state index contributed by atoms with van der Waals surface area (Å²) in [6, 6.07) is 3.29. The molecule has 0 aromatic heterocycles. The van der Waals surface area contributed by atoms with Gasteiger partial charge in [0.1, 0.15) is 10.7 Å². The molecule has 0 spiro atoms. The lowest BCUT2D eigenvalue weighted by Gasteiger charge is -2.17. The molecule has 2 N–H and O–H groups in total. The Hall–Kier alpha value is -0.980. The van der Waals surface area contributed by atoms with Crippen molar-refractivity contribution in [1.82, 2.24) is 4.72 Å². The molecule has 0 saturated heterocycles. The normalized spacial score (nSPS) is 13.9. The van der Waals surface area contributed by atoms with E-state index in [1.165, 1.54) is 6.07 Å². The van der Waals surface area contributed by atoms with E-state index in [9.17, 15) is 12.8 Å². The second-order valence-electron chi connectivity index (χ2n) is 4.58. The molecule has 0 aliphatic carbocycles. The molecule has 1 aromatic rings. The zero-order valence-electron chi connectivity index (χ0n) is 10.6. The van der Waals surface area contributed by atoms with Gasteiger partial charge in [0.05, 0.1) is 6.61 Å². The Morgan fingerprint density at radius 2 is 1.94 bits per heavy atom. The highest BCUT2D eigenvalue weighted by atomic mass is 32.2. The third-order valence-electron chi connectivity index (χ3n) is 2.81. The van der Waals surface area contributed by atoms with Gasteiger partial charge in [0.2, 0.25) is 10.0 Å². The summed E-state index contributed by atoms with van der Waals surface area (Å²) < 4.78 is 40.0. The molecule has 0 aliphatic heterocycles. The number of hydrogen-bond acceptors (Lipinski definition) is 3. The number of rotatable bonds is 5. The molecule has 4 nitrogen and oxygen atoms in total. The standard InChI is InChI=1S/C12H18FNO3S/c1-8(2)9(3)14-18(16,17)12-5-4-10(7-15)6-11(12)13/h4-6,8-9,14-15H,7H2,1-3H3. The zero-order chi connectivity index (χ0) is 13.9. The van der Waals surface area contributed by atoms with Crippen molar-refractivity contribution in [2.75, 3.05) is 0 Å². The molecule has 18 heavy (non-hydrogen) atoms. The lowest BCUT2D eigenvalue weighted by molar-refractivity contribution is 0.281. The van der Waals surface area contributed by atoms with E-state index in [2.05, 4.69) is 4.72 Å². The smallest absolute Gasteiger partial charge is 0.243 e. The minimum absolute atomic E-state index is 0.111. The fourth-order valence-corrected chi connectivity index (χ4v) is 2.76. The Morgan fingerprint density at radius 3 is 2.39 bits per heavy atom. The average Bonchev–Trinajstić information content (AvgIpc) is 2.27. The van der Waals surface area contributed by atoms with Crippen LogP contribution in [0.2, 0.25) is 0 Å². The second kappa shape index (κ2) is 5.77. The third kappa shape index (κ3) is 3.51. The van der Waals surface area contributed by atoms with Crippen molar-refractivity contribution in [3.05, 3.63) is 29.6 Å². The summed E-state index contributed by atoms with van der Waals surface area (Å²) in [6.45, 7) is 5.14. The van der Waals surface area contributed by atoms with Crippen LogP contribution in [0.15, 0.2) is 23.1 Å². The highest BCUT2D eigenvalue weighted by molar-refractivity contribution is 7.89. The van der Waals surface area contributed by atoms with Crippen LogP contribution in [-0.2, 0) is 16.6 Å². The molecule has 0 bridgehead atoms. The van der Waals surface area contributed by atoms with Gasteiger partial charge in [-0.3, -0.25) is 0 Å². The number of aliphatic hydroxyl groups is 1. The van der Waals surface area contributed by atoms with Gasteiger partial charge in [-0.1, -0.05) is 19.9 Å². The average molecular weight is 275 g/mol. The van der Waals surface area contributed by atoms with E-state index >= 15 is 0 Å². The molecule has 0 fully saturated rings. The van der Waals surface area contributed by atoms with Crippen molar-refractivity contribution in [2.24, 2.45) is 5.92 Å². The van der Waals surface area contributed by atoms with E-state index in [1.54, 1.807) is 6.92 Å². The van der Waals surface area contributed by atoms with Crippen LogP contribution in [0, 0.1) is 11.7 Å². The summed E-state index contributed by atoms with van der Waals surface area (Å²) >= 11 is 0. The number of hydrogen-bond donors (Lipinski definition) is 2. The van der Waals surface area contributed by atoms with Gasteiger partial charge in [0, 0.05) is 6.04 Å². The van der Waals surface area contributed by atoms with Gasteiger partial charge in [-0.05, 0) is 30.5 Å². The molecule has 1 aromatic carbocycles. The molecule has 0 amide bonds. The molecule has 1 rings (SSSR count). The van der Waals surface area contributed by atoms with Crippen LogP contribution < -0.4 is 4.72 Å². The van der Waals surface area contributed by atoms with Crippen molar-refractivity contribution in [1.29, 1.82) is 0 Å². The van der Waals surface area contributed by atoms with E-state index in [4.69, 9.17) is 5.11 Å². The maximum absolute atomic E-state index is 13.7. The predicted octanol–water partition coefficient (Wildman–Crippen LogP) is 1.64. The monoisotopic (exact) mass is 275 g/mol. The van der Waals surface area contributed by atoms with Crippen LogP contribution in [0.4, 0.5) is 4.39 Å². The first-order valence-corrected chi connectivity index (χ1v) is 7.18. The van der Waals surface area contributed by atoms with Crippen LogP contribution in [0.1, 0.15) is 26.3 Å². The minimum atomic E-state index is -3.87. The minimum Gasteiger partial charge on any atom is -0.392 e. The summed E-state index contributed by atoms with van der Waals surface area (Å²) in [7, 11) is -3.87. The van der Waals surface area contributed by atoms with Gasteiger partial charge in [0.25, 0.3) is 0 Å². The fourth-order valence-electron chi connectivity index (χ4n) is 1.30. The first kappa shape index (κ1) is 15.1. The van der Waals surface area contributed by atoms with Crippen molar-refractivity contribution in [3.63, 3.8) is 0 Å². The van der Waals surface area contributed by atoms with E-state index in [1.807, 2.05) is 13.8 Å². The molecule has 1 atom stereocenters. The third-order valence-corrected chi connectivity index (χ3v) is 4.40. The highest BCUT2D eigenvalue weighted by Crippen LogP contribution is 2.17. The molecule has 102 valence electrons. The maximum atomic E-state index is 13.7. The number of benzene rings is 1. The summed E-state index contributed by atoms with van der Waals surface area (Å²) in [5.74, 6) is -0.746. The first-order valence-electron chi connectivity index (χ1n) is 5.69. The lowest BCUT2D eigenvalue weighted by Crippen LogP contribution is -2.36. The van der Waals surface area contributed by atoms with E-state index in [-0.39, 0.29) is 18.6 Å². The maximum Gasteiger partial charge on any atom is 0.243 e. The Labute approximate surface area is 107 Å². The van der Waals surface area contributed by atoms with Crippen LogP contribution >= 0.6 is 0 Å². The number of halogens is 1. The predicted molar refractivity (Wildman–Crippen MR) is 66.9 cm³/mol. The van der Waals surface area contributed by atoms with Gasteiger partial charge < -0.3 is 5.11 Å². The Balaban J connectivity index is 3.06. The molecule has 1 unspecified atom stereocenters. The van der Waals surface area contributed by atoms with Crippen molar-refractivity contribution >= 4 is 10.0 Å². The van der Waals surface area contributed by atoms with Crippen LogP contribution in [0.25, 0.3) is 0 Å². The molecular weight excluding hydrogens is 257 g/mol. The molecule has 0 aliphatic rings. The largest absolute Gasteiger partial charge is 0.392 e. The van der Waals surface area contributed by atoms with Crippen molar-refractivity contribution < 1.29 is 17.9 Å². The van der Waals surface area contributed by atoms with Gasteiger partial charge in [-0.25, -0.2) is 17.5 Å². The number of aliphatic hydroxyl groups excluding tert-OH is 1. The van der Waals surface area contributed by atoms with Crippen LogP contribution in [0.5, 0.6) is 0 Å². The number of nitrogens with one attached hydrogen (secondary N) is 1. The van der Waals surface area contributed by atoms with Crippen LogP contribution in [0.3, 0.4) is 0 Å². The SMILES string of the molecule is CC(C)C(C)NS(=O)(=O)c1ccc(CO)cc1F. The Bertz CT molecular complexity index is 514. The number of sulfonamides is 1. The van der Waals surface area contributed by atoms with Gasteiger partial charge >= 0.3 is 0 Å². The molecule has 0 heterocycles. The summed E-state index contributed by atoms with van der Waals surface area (Å²) in [6.07, 6.45) is 0. The summed E-state index contributed by atoms with van der Waals surface area (Å²) in [4.78, 5) is -0.396. The topological polar surface area (TPSA) is 66.4 Å².